The first kappa shape index (κ1) is 24.9. The molecule has 2 aromatic heterocycles. The molecular weight excluding hydrogens is 477 g/mol. The average molecular weight is 501 g/mol. The molecule has 2 heterocycles. The highest BCUT2D eigenvalue weighted by atomic mass is 35.5. The summed E-state index contributed by atoms with van der Waals surface area (Å²) in [6.45, 7) is 0. The molecule has 3 aromatic rings. The summed E-state index contributed by atoms with van der Waals surface area (Å²) in [6, 6.07) is 12.9. The van der Waals surface area contributed by atoms with Crippen LogP contribution in [-0.4, -0.2) is 15.8 Å². The molecule has 0 spiro atoms. The molecular formula is C27H24ClF3N2O2. The number of ketones is 1. The van der Waals surface area contributed by atoms with E-state index in [1.165, 1.54) is 17.8 Å². The Hall–Kier alpha value is -3.19. The number of benzene rings is 1. The fraction of sp³-hybridized carbons (Fsp3) is 0.296. The number of hydrogen-bond acceptors (Lipinski definition) is 4. The molecule has 0 saturated heterocycles. The van der Waals surface area contributed by atoms with Gasteiger partial charge in [0.05, 0.1) is 5.56 Å². The second-order valence-corrected chi connectivity index (χ2v) is 9.02. The van der Waals surface area contributed by atoms with Crippen LogP contribution in [0.2, 0.25) is 5.15 Å². The van der Waals surface area contributed by atoms with Crippen molar-refractivity contribution in [1.82, 2.24) is 9.97 Å². The summed E-state index contributed by atoms with van der Waals surface area (Å²) in [5.41, 5.74) is 2.08. The number of carbonyl (C=O) groups excluding carboxylic acids is 1. The third kappa shape index (κ3) is 7.15. The Morgan fingerprint density at radius 3 is 2.51 bits per heavy atom. The number of nitrogens with zero attached hydrogens (tertiary/aromatic N) is 2. The van der Waals surface area contributed by atoms with E-state index in [9.17, 15) is 18.0 Å². The first-order valence-electron chi connectivity index (χ1n) is 11.4. The molecule has 1 saturated carbocycles. The molecule has 1 aliphatic carbocycles. The van der Waals surface area contributed by atoms with Gasteiger partial charge < -0.3 is 4.74 Å². The maximum absolute atomic E-state index is 12.7. The SMILES string of the molecule is O=C(CCC1CCC(=Cc2cccc(Oc3ccc(C(F)(F)F)cn3)c2)CC1)c1ccc(Cl)nc1. The van der Waals surface area contributed by atoms with Crippen LogP contribution in [0.15, 0.2) is 66.5 Å². The van der Waals surface area contributed by atoms with Crippen LogP contribution in [0.3, 0.4) is 0 Å². The number of hydrogen-bond donors (Lipinski definition) is 0. The Balaban J connectivity index is 1.29. The highest BCUT2D eigenvalue weighted by Crippen LogP contribution is 2.34. The molecule has 0 bridgehead atoms. The van der Waals surface area contributed by atoms with Crippen molar-refractivity contribution in [2.45, 2.75) is 44.7 Å². The lowest BCUT2D eigenvalue weighted by atomic mass is 9.82. The molecule has 0 aliphatic heterocycles. The van der Waals surface area contributed by atoms with Crippen LogP contribution in [0.4, 0.5) is 13.2 Å². The minimum atomic E-state index is -4.43. The Morgan fingerprint density at radius 2 is 1.86 bits per heavy atom. The Kier molecular flexibility index (Phi) is 7.86. The number of alkyl halides is 3. The van der Waals surface area contributed by atoms with Crippen molar-refractivity contribution < 1.29 is 22.7 Å². The van der Waals surface area contributed by atoms with Gasteiger partial charge in [0.1, 0.15) is 10.9 Å². The summed E-state index contributed by atoms with van der Waals surface area (Å²) in [7, 11) is 0. The number of halogens is 4. The zero-order chi connectivity index (χ0) is 24.8. The van der Waals surface area contributed by atoms with Crippen molar-refractivity contribution >= 4 is 23.5 Å². The van der Waals surface area contributed by atoms with Crippen molar-refractivity contribution in [1.29, 1.82) is 0 Å². The minimum Gasteiger partial charge on any atom is -0.439 e. The predicted molar refractivity (Wildman–Crippen MR) is 129 cm³/mol. The largest absolute Gasteiger partial charge is 0.439 e. The van der Waals surface area contributed by atoms with Gasteiger partial charge in [-0.15, -0.1) is 0 Å². The van der Waals surface area contributed by atoms with Crippen LogP contribution in [0.5, 0.6) is 11.6 Å². The molecule has 0 N–H and O–H groups in total. The third-order valence-electron chi connectivity index (χ3n) is 6.09. The van der Waals surface area contributed by atoms with Crippen molar-refractivity contribution in [3.63, 3.8) is 0 Å². The van der Waals surface area contributed by atoms with Gasteiger partial charge in [0.15, 0.2) is 5.78 Å². The molecule has 4 nitrogen and oxygen atoms in total. The summed E-state index contributed by atoms with van der Waals surface area (Å²) in [5.74, 6) is 1.22. The van der Waals surface area contributed by atoms with E-state index < -0.39 is 11.7 Å². The molecule has 4 rings (SSSR count). The van der Waals surface area contributed by atoms with E-state index in [1.54, 1.807) is 18.2 Å². The highest BCUT2D eigenvalue weighted by Gasteiger charge is 2.30. The number of Topliss-reactive ketones (excluding diaryl/α,β-unsaturated/α-hetero) is 1. The van der Waals surface area contributed by atoms with Gasteiger partial charge in [-0.2, -0.15) is 13.2 Å². The maximum Gasteiger partial charge on any atom is 0.417 e. The number of pyridine rings is 2. The van der Waals surface area contributed by atoms with Gasteiger partial charge in [-0.1, -0.05) is 35.4 Å². The number of rotatable bonds is 7. The van der Waals surface area contributed by atoms with Gasteiger partial charge >= 0.3 is 6.18 Å². The number of ether oxygens (including phenoxy) is 1. The number of allylic oxidation sites excluding steroid dienone is 1. The van der Waals surface area contributed by atoms with E-state index in [0.29, 0.717) is 28.8 Å². The molecule has 8 heteroatoms. The molecule has 0 amide bonds. The smallest absolute Gasteiger partial charge is 0.417 e. The molecule has 1 aliphatic rings. The van der Waals surface area contributed by atoms with E-state index in [0.717, 1.165) is 49.9 Å². The van der Waals surface area contributed by atoms with Crippen LogP contribution < -0.4 is 4.74 Å². The minimum absolute atomic E-state index is 0.0925. The fourth-order valence-electron chi connectivity index (χ4n) is 4.13. The van der Waals surface area contributed by atoms with Crippen LogP contribution in [0.1, 0.15) is 60.0 Å². The van der Waals surface area contributed by atoms with E-state index >= 15 is 0 Å². The van der Waals surface area contributed by atoms with E-state index in [-0.39, 0.29) is 11.7 Å². The topological polar surface area (TPSA) is 52.1 Å². The lowest BCUT2D eigenvalue weighted by Crippen LogP contribution is -2.10. The first-order chi connectivity index (χ1) is 16.8. The standard InChI is InChI=1S/C27H24ClF3N2O2/c28-25-12-9-21(16-32-25)24(34)11-8-18-4-6-19(7-5-18)14-20-2-1-3-23(15-20)35-26-13-10-22(17-33-26)27(29,30)31/h1-3,9-10,12-18H,4-8,11H2. The molecule has 0 atom stereocenters. The monoisotopic (exact) mass is 500 g/mol. The Bertz CT molecular complexity index is 1180. The second kappa shape index (κ2) is 11.0. The van der Waals surface area contributed by atoms with Crippen molar-refractivity contribution in [3.8, 4) is 11.6 Å². The van der Waals surface area contributed by atoms with Crippen LogP contribution in [0.25, 0.3) is 6.08 Å². The molecule has 0 unspecified atom stereocenters. The van der Waals surface area contributed by atoms with Gasteiger partial charge in [0, 0.05) is 30.4 Å². The lowest BCUT2D eigenvalue weighted by Gasteiger charge is -2.23. The van der Waals surface area contributed by atoms with Gasteiger partial charge in [-0.25, -0.2) is 9.97 Å². The quantitative estimate of drug-likeness (QED) is 0.242. The maximum atomic E-state index is 12.7. The molecule has 1 aromatic carbocycles. The van der Waals surface area contributed by atoms with Crippen LogP contribution in [0, 0.1) is 5.92 Å². The van der Waals surface area contributed by atoms with Gasteiger partial charge in [-0.05, 0) is 73.9 Å². The second-order valence-electron chi connectivity index (χ2n) is 8.63. The Morgan fingerprint density at radius 1 is 1.06 bits per heavy atom. The summed E-state index contributed by atoms with van der Waals surface area (Å²) >= 11 is 5.78. The average Bonchev–Trinajstić information content (AvgIpc) is 2.84. The van der Waals surface area contributed by atoms with Crippen molar-refractivity contribution in [2.24, 2.45) is 5.92 Å². The highest BCUT2D eigenvalue weighted by molar-refractivity contribution is 6.29. The summed E-state index contributed by atoms with van der Waals surface area (Å²) < 4.78 is 43.7. The van der Waals surface area contributed by atoms with Crippen LogP contribution in [-0.2, 0) is 6.18 Å². The summed E-state index contributed by atoms with van der Waals surface area (Å²) in [4.78, 5) is 20.1. The van der Waals surface area contributed by atoms with E-state index in [2.05, 4.69) is 16.0 Å². The lowest BCUT2D eigenvalue weighted by molar-refractivity contribution is -0.137. The fourth-order valence-corrected chi connectivity index (χ4v) is 4.25. The number of aromatic nitrogens is 2. The zero-order valence-corrected chi connectivity index (χ0v) is 19.6. The van der Waals surface area contributed by atoms with Gasteiger partial charge in [-0.3, -0.25) is 4.79 Å². The summed E-state index contributed by atoms with van der Waals surface area (Å²) in [6.07, 6.45) is 5.35. The normalized spacial score (nSPS) is 16.1. The van der Waals surface area contributed by atoms with E-state index in [1.807, 2.05) is 18.2 Å². The summed E-state index contributed by atoms with van der Waals surface area (Å²) in [5, 5.41) is 0.376. The van der Waals surface area contributed by atoms with E-state index in [4.69, 9.17) is 16.3 Å². The third-order valence-corrected chi connectivity index (χ3v) is 6.31. The number of carbonyl (C=O) groups is 1. The molecule has 35 heavy (non-hydrogen) atoms. The molecule has 182 valence electrons. The van der Waals surface area contributed by atoms with Crippen LogP contribution >= 0.6 is 11.6 Å². The predicted octanol–water partition coefficient (Wildman–Crippen LogP) is 8.18. The Labute approximate surface area is 206 Å². The van der Waals surface area contributed by atoms with Crippen molar-refractivity contribution in [3.05, 3.63) is 88.3 Å². The molecule has 1 fully saturated rings. The zero-order valence-electron chi connectivity index (χ0n) is 18.9. The first-order valence-corrected chi connectivity index (χ1v) is 11.8. The van der Waals surface area contributed by atoms with Crippen molar-refractivity contribution in [2.75, 3.05) is 0 Å². The molecule has 0 radical (unpaired) electrons. The van der Waals surface area contributed by atoms with Gasteiger partial charge in [0.2, 0.25) is 5.88 Å². The van der Waals surface area contributed by atoms with Gasteiger partial charge in [0.25, 0.3) is 0 Å².